The molecule has 0 saturated carbocycles. The van der Waals surface area contributed by atoms with Crippen LogP contribution < -0.4 is 5.73 Å². The average Bonchev–Trinajstić information content (AvgIpc) is 2.67. The van der Waals surface area contributed by atoms with Crippen LogP contribution in [0.3, 0.4) is 0 Å². The first-order chi connectivity index (χ1) is 7.60. The van der Waals surface area contributed by atoms with Crippen LogP contribution in [-0.2, 0) is 6.54 Å². The van der Waals surface area contributed by atoms with Crippen LogP contribution in [0.25, 0.3) is 0 Å². The Morgan fingerprint density at radius 3 is 2.75 bits per heavy atom. The van der Waals surface area contributed by atoms with Gasteiger partial charge in [0.05, 0.1) is 11.8 Å². The van der Waals surface area contributed by atoms with Crippen molar-refractivity contribution in [2.75, 3.05) is 6.54 Å². The molecule has 1 atom stereocenters. The minimum atomic E-state index is -0.0979. The first kappa shape index (κ1) is 12.9. The Bertz CT molecular complexity index is 344. The summed E-state index contributed by atoms with van der Waals surface area (Å²) in [6.07, 6.45) is 4.47. The van der Waals surface area contributed by atoms with E-state index in [0.717, 1.165) is 13.0 Å². The Morgan fingerprint density at radius 1 is 1.56 bits per heavy atom. The minimum Gasteiger partial charge on any atom is -0.330 e. The van der Waals surface area contributed by atoms with Crippen LogP contribution in [0, 0.1) is 11.8 Å². The van der Waals surface area contributed by atoms with E-state index in [1.54, 1.807) is 10.9 Å². The predicted octanol–water partition coefficient (Wildman–Crippen LogP) is 1.71. The van der Waals surface area contributed by atoms with Gasteiger partial charge in [0.2, 0.25) is 0 Å². The Kier molecular flexibility index (Phi) is 4.68. The zero-order chi connectivity index (χ0) is 12.1. The number of rotatable bonds is 6. The second-order valence-corrected chi connectivity index (χ2v) is 4.44. The molecule has 0 saturated heterocycles. The van der Waals surface area contributed by atoms with Gasteiger partial charge in [-0.25, -0.2) is 0 Å². The molecule has 16 heavy (non-hydrogen) atoms. The molecule has 1 aromatic rings. The molecule has 0 bridgehead atoms. The van der Waals surface area contributed by atoms with Crippen molar-refractivity contribution in [2.45, 2.75) is 33.7 Å². The van der Waals surface area contributed by atoms with Crippen molar-refractivity contribution in [3.05, 3.63) is 18.0 Å². The second-order valence-electron chi connectivity index (χ2n) is 4.44. The lowest BCUT2D eigenvalue weighted by molar-refractivity contribution is 0.0892. The molecule has 0 aliphatic rings. The molecule has 0 aromatic carbocycles. The highest BCUT2D eigenvalue weighted by molar-refractivity contribution is 5.97. The number of hydrogen-bond acceptors (Lipinski definition) is 3. The van der Waals surface area contributed by atoms with Crippen LogP contribution in [0.15, 0.2) is 12.4 Å². The van der Waals surface area contributed by atoms with Crippen LogP contribution in [0.1, 0.15) is 37.6 Å². The van der Waals surface area contributed by atoms with E-state index in [9.17, 15) is 4.79 Å². The number of carbonyl (C=O) groups is 1. The molecule has 0 aliphatic heterocycles. The zero-order valence-electron chi connectivity index (χ0n) is 10.3. The number of nitrogens with two attached hydrogens (primary N) is 1. The molecule has 2 N–H and O–H groups in total. The van der Waals surface area contributed by atoms with Crippen LogP contribution in [0.4, 0.5) is 0 Å². The molecule has 0 fully saturated rings. The van der Waals surface area contributed by atoms with E-state index in [2.05, 4.69) is 12.0 Å². The molecule has 4 heteroatoms. The molecule has 1 aromatic heterocycles. The van der Waals surface area contributed by atoms with Crippen LogP contribution in [0.5, 0.6) is 0 Å². The fourth-order valence-corrected chi connectivity index (χ4v) is 1.74. The Labute approximate surface area is 96.8 Å². The topological polar surface area (TPSA) is 60.9 Å². The summed E-state index contributed by atoms with van der Waals surface area (Å²) in [6, 6.07) is 0. The number of carbonyl (C=O) groups excluding carboxylic acids is 1. The summed E-state index contributed by atoms with van der Waals surface area (Å²) in [5.74, 6) is 0.283. The molecule has 90 valence electrons. The summed E-state index contributed by atoms with van der Waals surface area (Å²) < 4.78 is 1.81. The van der Waals surface area contributed by atoms with Crippen molar-refractivity contribution in [1.82, 2.24) is 9.78 Å². The van der Waals surface area contributed by atoms with Gasteiger partial charge in [0.1, 0.15) is 0 Å². The number of nitrogens with zero attached hydrogens (tertiary/aromatic N) is 2. The van der Waals surface area contributed by atoms with E-state index in [1.807, 2.05) is 20.0 Å². The molecule has 0 spiro atoms. The third-order valence-corrected chi connectivity index (χ3v) is 2.77. The summed E-state index contributed by atoms with van der Waals surface area (Å²) >= 11 is 0. The fourth-order valence-electron chi connectivity index (χ4n) is 1.74. The Hall–Kier alpha value is -1.16. The summed E-state index contributed by atoms with van der Waals surface area (Å²) in [5.41, 5.74) is 6.31. The lowest BCUT2D eigenvalue weighted by Gasteiger charge is -2.16. The zero-order valence-corrected chi connectivity index (χ0v) is 10.3. The summed E-state index contributed by atoms with van der Waals surface area (Å²) in [7, 11) is 0. The summed E-state index contributed by atoms with van der Waals surface area (Å²) in [5, 5.41) is 4.16. The number of ketones is 1. The van der Waals surface area contributed by atoms with E-state index >= 15 is 0 Å². The molecule has 4 nitrogen and oxygen atoms in total. The van der Waals surface area contributed by atoms with Gasteiger partial charge in [-0.05, 0) is 12.3 Å². The average molecular weight is 223 g/mol. The van der Waals surface area contributed by atoms with Crippen molar-refractivity contribution in [3.8, 4) is 0 Å². The molecule has 0 amide bonds. The van der Waals surface area contributed by atoms with Crippen LogP contribution in [-0.4, -0.2) is 22.1 Å². The lowest BCUT2D eigenvalue weighted by atomic mass is 9.89. The van der Waals surface area contributed by atoms with E-state index < -0.39 is 0 Å². The molecule has 0 aliphatic carbocycles. The minimum absolute atomic E-state index is 0.0979. The van der Waals surface area contributed by atoms with Gasteiger partial charge in [-0.15, -0.1) is 0 Å². The molecule has 1 unspecified atom stereocenters. The highest BCUT2D eigenvalue weighted by Gasteiger charge is 2.22. The third-order valence-electron chi connectivity index (χ3n) is 2.77. The molecule has 0 radical (unpaired) electrons. The number of Topliss-reactive ketones (excluding diaryl/α,β-unsaturated/α-hetero) is 1. The summed E-state index contributed by atoms with van der Waals surface area (Å²) in [4.78, 5) is 12.1. The van der Waals surface area contributed by atoms with Crippen molar-refractivity contribution < 1.29 is 4.79 Å². The van der Waals surface area contributed by atoms with Crippen molar-refractivity contribution in [2.24, 2.45) is 17.6 Å². The van der Waals surface area contributed by atoms with Crippen LogP contribution in [0.2, 0.25) is 0 Å². The largest absolute Gasteiger partial charge is 0.330 e. The monoisotopic (exact) mass is 223 g/mol. The maximum Gasteiger partial charge on any atom is 0.170 e. The maximum absolute atomic E-state index is 12.1. The van der Waals surface area contributed by atoms with Gasteiger partial charge in [0.15, 0.2) is 5.78 Å². The van der Waals surface area contributed by atoms with Gasteiger partial charge >= 0.3 is 0 Å². The normalized spacial score (nSPS) is 13.1. The molecule has 1 rings (SSSR count). The van der Waals surface area contributed by atoms with Gasteiger partial charge in [0.25, 0.3) is 0 Å². The van der Waals surface area contributed by atoms with Gasteiger partial charge in [-0.1, -0.05) is 20.8 Å². The highest BCUT2D eigenvalue weighted by Crippen LogP contribution is 2.16. The first-order valence-corrected chi connectivity index (χ1v) is 5.86. The van der Waals surface area contributed by atoms with E-state index in [4.69, 9.17) is 5.73 Å². The van der Waals surface area contributed by atoms with Gasteiger partial charge in [-0.2, -0.15) is 5.10 Å². The lowest BCUT2D eigenvalue weighted by Crippen LogP contribution is -2.28. The first-order valence-electron chi connectivity index (χ1n) is 5.86. The highest BCUT2D eigenvalue weighted by atomic mass is 16.1. The van der Waals surface area contributed by atoms with Gasteiger partial charge in [-0.3, -0.25) is 9.48 Å². The van der Waals surface area contributed by atoms with E-state index in [-0.39, 0.29) is 17.6 Å². The Morgan fingerprint density at radius 2 is 2.25 bits per heavy atom. The molecular weight excluding hydrogens is 202 g/mol. The van der Waals surface area contributed by atoms with E-state index in [0.29, 0.717) is 12.1 Å². The number of aryl methyl sites for hydroxylation is 1. The fraction of sp³-hybridized carbons (Fsp3) is 0.667. The Balaban J connectivity index is 2.78. The van der Waals surface area contributed by atoms with Gasteiger partial charge in [0, 0.05) is 25.2 Å². The van der Waals surface area contributed by atoms with Crippen LogP contribution >= 0.6 is 0 Å². The smallest absolute Gasteiger partial charge is 0.170 e. The van der Waals surface area contributed by atoms with Crippen molar-refractivity contribution in [3.63, 3.8) is 0 Å². The standard InChI is InChI=1S/C12H21N3O/c1-4-5-15-8-10(7-14-15)12(16)11(6-13)9(2)3/h7-9,11H,4-6,13H2,1-3H3. The maximum atomic E-state index is 12.1. The van der Waals surface area contributed by atoms with E-state index in [1.165, 1.54) is 0 Å². The predicted molar refractivity (Wildman–Crippen MR) is 64.2 cm³/mol. The van der Waals surface area contributed by atoms with Crippen molar-refractivity contribution in [1.29, 1.82) is 0 Å². The molecule has 1 heterocycles. The van der Waals surface area contributed by atoms with Gasteiger partial charge < -0.3 is 5.73 Å². The third kappa shape index (κ3) is 2.92. The number of hydrogen-bond donors (Lipinski definition) is 1. The second kappa shape index (κ2) is 5.80. The SMILES string of the molecule is CCCn1cc(C(=O)C(CN)C(C)C)cn1. The quantitative estimate of drug-likeness (QED) is 0.747. The summed E-state index contributed by atoms with van der Waals surface area (Å²) in [6.45, 7) is 7.37. The van der Waals surface area contributed by atoms with Crippen molar-refractivity contribution >= 4 is 5.78 Å². The molecular formula is C12H21N3O. The number of aromatic nitrogens is 2.